The minimum Gasteiger partial charge on any atom is -0.497 e. The molecule has 0 aliphatic heterocycles. The van der Waals surface area contributed by atoms with Gasteiger partial charge in [-0.05, 0) is 50.2 Å². The zero-order valence-corrected chi connectivity index (χ0v) is 17.0. The monoisotopic (exact) mass is 399 g/mol. The molecule has 0 fully saturated rings. The molecule has 5 heteroatoms. The number of nitrogens with one attached hydrogen (secondary N) is 1. The van der Waals surface area contributed by atoms with Crippen LogP contribution >= 0.6 is 0 Å². The van der Waals surface area contributed by atoms with E-state index in [4.69, 9.17) is 9.15 Å². The van der Waals surface area contributed by atoms with Gasteiger partial charge >= 0.3 is 0 Å². The molecule has 0 aliphatic carbocycles. The Labute approximate surface area is 174 Å². The van der Waals surface area contributed by atoms with Gasteiger partial charge in [0.05, 0.1) is 7.11 Å². The van der Waals surface area contributed by atoms with Crippen LogP contribution in [0.5, 0.6) is 5.75 Å². The van der Waals surface area contributed by atoms with E-state index in [1.807, 2.05) is 32.0 Å². The maximum Gasteiger partial charge on any atom is 0.255 e. The molecular formula is C25H21NO4. The highest BCUT2D eigenvalue weighted by Gasteiger charge is 2.19. The molecule has 0 bridgehead atoms. The Morgan fingerprint density at radius 1 is 0.900 bits per heavy atom. The Balaban J connectivity index is 1.63. The van der Waals surface area contributed by atoms with Crippen molar-refractivity contribution in [2.75, 3.05) is 12.4 Å². The molecule has 1 N–H and O–H groups in total. The number of carbonyl (C=O) groups excluding carboxylic acids is 2. The van der Waals surface area contributed by atoms with Gasteiger partial charge in [-0.1, -0.05) is 35.9 Å². The summed E-state index contributed by atoms with van der Waals surface area (Å²) in [6, 6.07) is 19.7. The standard InChI is InChI=1S/C25H21NO4/c1-15-7-9-17(10-8-15)23(27)24-16(2)21-14-19(11-12-22(21)30-24)26-25(28)18-5-4-6-20(13-18)29-3/h4-14H,1-3H3,(H,26,28). The molecule has 4 rings (SSSR count). The topological polar surface area (TPSA) is 68.5 Å². The molecule has 5 nitrogen and oxygen atoms in total. The van der Waals surface area contributed by atoms with Gasteiger partial charge in [-0.3, -0.25) is 9.59 Å². The van der Waals surface area contributed by atoms with Crippen molar-refractivity contribution in [2.24, 2.45) is 0 Å². The van der Waals surface area contributed by atoms with Crippen LogP contribution in [0.25, 0.3) is 11.0 Å². The molecule has 0 radical (unpaired) electrons. The van der Waals surface area contributed by atoms with E-state index in [0.29, 0.717) is 33.9 Å². The minimum atomic E-state index is -0.245. The molecule has 0 aliphatic rings. The highest BCUT2D eigenvalue weighted by molar-refractivity contribution is 6.11. The lowest BCUT2D eigenvalue weighted by atomic mass is 10.0. The van der Waals surface area contributed by atoms with Crippen molar-refractivity contribution in [3.05, 3.63) is 94.7 Å². The summed E-state index contributed by atoms with van der Waals surface area (Å²) in [5.41, 5.74) is 4.12. The lowest BCUT2D eigenvalue weighted by Gasteiger charge is -2.07. The maximum atomic E-state index is 12.9. The summed E-state index contributed by atoms with van der Waals surface area (Å²) >= 11 is 0. The number of aryl methyl sites for hydroxylation is 2. The first kappa shape index (κ1) is 19.5. The van der Waals surface area contributed by atoms with Crippen molar-refractivity contribution < 1.29 is 18.7 Å². The molecule has 1 amide bonds. The van der Waals surface area contributed by atoms with Crippen LogP contribution in [0.3, 0.4) is 0 Å². The molecule has 3 aromatic carbocycles. The highest BCUT2D eigenvalue weighted by Crippen LogP contribution is 2.30. The zero-order chi connectivity index (χ0) is 21.3. The van der Waals surface area contributed by atoms with E-state index in [1.54, 1.807) is 55.6 Å². The Hall–Kier alpha value is -3.86. The molecule has 4 aromatic rings. The van der Waals surface area contributed by atoms with Crippen molar-refractivity contribution in [1.82, 2.24) is 0 Å². The normalized spacial score (nSPS) is 10.8. The molecule has 150 valence electrons. The van der Waals surface area contributed by atoms with Crippen LogP contribution < -0.4 is 10.1 Å². The highest BCUT2D eigenvalue weighted by atomic mass is 16.5. The average Bonchev–Trinajstić information content (AvgIpc) is 3.10. The number of furan rings is 1. The number of fused-ring (bicyclic) bond motifs is 1. The van der Waals surface area contributed by atoms with E-state index in [1.165, 1.54) is 0 Å². The number of amides is 1. The second-order valence-corrected chi connectivity index (χ2v) is 7.15. The molecule has 0 spiro atoms. The Bertz CT molecular complexity index is 1250. The fourth-order valence-electron chi connectivity index (χ4n) is 3.32. The van der Waals surface area contributed by atoms with Crippen molar-refractivity contribution in [3.8, 4) is 5.75 Å². The summed E-state index contributed by atoms with van der Waals surface area (Å²) in [5, 5.41) is 3.67. The Kier molecular flexibility index (Phi) is 5.11. The van der Waals surface area contributed by atoms with Crippen LogP contribution in [0.4, 0.5) is 5.69 Å². The molecule has 30 heavy (non-hydrogen) atoms. The van der Waals surface area contributed by atoms with Gasteiger partial charge in [-0.2, -0.15) is 0 Å². The van der Waals surface area contributed by atoms with E-state index >= 15 is 0 Å². The van der Waals surface area contributed by atoms with Gasteiger partial charge in [-0.25, -0.2) is 0 Å². The number of hydrogen-bond donors (Lipinski definition) is 1. The molecule has 0 atom stereocenters. The molecule has 0 saturated carbocycles. The van der Waals surface area contributed by atoms with Gasteiger partial charge in [0.15, 0.2) is 5.76 Å². The number of hydrogen-bond acceptors (Lipinski definition) is 4. The number of carbonyl (C=O) groups is 2. The van der Waals surface area contributed by atoms with E-state index in [-0.39, 0.29) is 11.7 Å². The molecular weight excluding hydrogens is 378 g/mol. The molecule has 1 heterocycles. The first-order valence-corrected chi connectivity index (χ1v) is 9.56. The van der Waals surface area contributed by atoms with Gasteiger partial charge in [-0.15, -0.1) is 0 Å². The van der Waals surface area contributed by atoms with Crippen LogP contribution in [0.1, 0.15) is 37.6 Å². The third-order valence-electron chi connectivity index (χ3n) is 5.05. The van der Waals surface area contributed by atoms with Crippen molar-refractivity contribution in [1.29, 1.82) is 0 Å². The predicted molar refractivity (Wildman–Crippen MR) is 117 cm³/mol. The van der Waals surface area contributed by atoms with Gasteiger partial charge in [0.25, 0.3) is 5.91 Å². The fraction of sp³-hybridized carbons (Fsp3) is 0.120. The average molecular weight is 399 g/mol. The van der Waals surface area contributed by atoms with Gasteiger partial charge < -0.3 is 14.5 Å². The zero-order valence-electron chi connectivity index (χ0n) is 17.0. The molecule has 0 unspecified atom stereocenters. The summed E-state index contributed by atoms with van der Waals surface area (Å²) < 4.78 is 11.0. The minimum absolute atomic E-state index is 0.161. The van der Waals surface area contributed by atoms with E-state index < -0.39 is 0 Å². The number of benzene rings is 3. The third kappa shape index (κ3) is 3.70. The Morgan fingerprint density at radius 2 is 1.67 bits per heavy atom. The van der Waals surface area contributed by atoms with Crippen LogP contribution in [0.2, 0.25) is 0 Å². The van der Waals surface area contributed by atoms with E-state index in [9.17, 15) is 9.59 Å². The van der Waals surface area contributed by atoms with Gasteiger partial charge in [0, 0.05) is 27.8 Å². The fourth-order valence-corrected chi connectivity index (χ4v) is 3.32. The number of methoxy groups -OCH3 is 1. The van der Waals surface area contributed by atoms with Crippen LogP contribution in [-0.4, -0.2) is 18.8 Å². The SMILES string of the molecule is COc1cccc(C(=O)Nc2ccc3oc(C(=O)c4ccc(C)cc4)c(C)c3c2)c1. The summed E-state index contributed by atoms with van der Waals surface area (Å²) in [5.74, 6) is 0.518. The quantitative estimate of drug-likeness (QED) is 0.447. The smallest absolute Gasteiger partial charge is 0.255 e. The number of rotatable bonds is 5. The van der Waals surface area contributed by atoms with Gasteiger partial charge in [0.2, 0.25) is 5.78 Å². The summed E-state index contributed by atoms with van der Waals surface area (Å²) in [6.07, 6.45) is 0. The van der Waals surface area contributed by atoms with Crippen molar-refractivity contribution in [2.45, 2.75) is 13.8 Å². The second-order valence-electron chi connectivity index (χ2n) is 7.15. The van der Waals surface area contributed by atoms with E-state index in [2.05, 4.69) is 5.32 Å². The number of ether oxygens (including phenoxy) is 1. The van der Waals surface area contributed by atoms with Crippen molar-refractivity contribution in [3.63, 3.8) is 0 Å². The Morgan fingerprint density at radius 3 is 2.40 bits per heavy atom. The van der Waals surface area contributed by atoms with Crippen molar-refractivity contribution >= 4 is 28.3 Å². The van der Waals surface area contributed by atoms with E-state index in [0.717, 1.165) is 16.5 Å². The first-order valence-electron chi connectivity index (χ1n) is 9.56. The van der Waals surface area contributed by atoms with Crippen LogP contribution in [-0.2, 0) is 0 Å². The first-order chi connectivity index (χ1) is 14.5. The lowest BCUT2D eigenvalue weighted by molar-refractivity contribution is 0.101. The number of ketones is 1. The second kappa shape index (κ2) is 7.87. The van der Waals surface area contributed by atoms with Crippen LogP contribution in [0, 0.1) is 13.8 Å². The molecule has 0 saturated heterocycles. The molecule has 1 aromatic heterocycles. The third-order valence-corrected chi connectivity index (χ3v) is 5.05. The van der Waals surface area contributed by atoms with Crippen LogP contribution in [0.15, 0.2) is 71.1 Å². The predicted octanol–water partition coefficient (Wildman–Crippen LogP) is 5.54. The lowest BCUT2D eigenvalue weighted by Crippen LogP contribution is -2.11. The largest absolute Gasteiger partial charge is 0.497 e. The summed E-state index contributed by atoms with van der Waals surface area (Å²) in [6.45, 7) is 3.82. The van der Waals surface area contributed by atoms with Gasteiger partial charge in [0.1, 0.15) is 11.3 Å². The maximum absolute atomic E-state index is 12.9. The summed E-state index contributed by atoms with van der Waals surface area (Å²) in [4.78, 5) is 25.5. The summed E-state index contributed by atoms with van der Waals surface area (Å²) in [7, 11) is 1.56. The number of anilines is 1.